The Kier molecular flexibility index (Phi) is 6.65. The first-order valence-electron chi connectivity index (χ1n) is 9.27. The van der Waals surface area contributed by atoms with Gasteiger partial charge in [0.15, 0.2) is 0 Å². The zero-order chi connectivity index (χ0) is 20.3. The molecule has 0 saturated carbocycles. The molecule has 0 bridgehead atoms. The summed E-state index contributed by atoms with van der Waals surface area (Å²) in [6, 6.07) is 1.91. The lowest BCUT2D eigenvalue weighted by molar-refractivity contribution is 0.0771. The second-order valence-corrected chi connectivity index (χ2v) is 8.91. The average molecular weight is 423 g/mol. The Balaban J connectivity index is 1.65. The van der Waals surface area contributed by atoms with E-state index in [1.54, 1.807) is 12.4 Å². The molecular weight excluding hydrogens is 396 g/mol. The van der Waals surface area contributed by atoms with E-state index in [-0.39, 0.29) is 17.6 Å². The maximum absolute atomic E-state index is 6.39. The van der Waals surface area contributed by atoms with Gasteiger partial charge in [0.1, 0.15) is 11.6 Å². The van der Waals surface area contributed by atoms with E-state index in [2.05, 4.69) is 33.5 Å². The first kappa shape index (κ1) is 21.1. The number of aromatic nitrogens is 1. The molecule has 152 valence electrons. The molecule has 2 saturated heterocycles. The second kappa shape index (κ2) is 8.82. The molecule has 2 fully saturated rings. The highest BCUT2D eigenvalue weighted by Crippen LogP contribution is 2.41. The van der Waals surface area contributed by atoms with Crippen molar-refractivity contribution >= 4 is 40.9 Å². The van der Waals surface area contributed by atoms with Gasteiger partial charge in [-0.3, -0.25) is 4.99 Å². The van der Waals surface area contributed by atoms with Crippen LogP contribution in [0.1, 0.15) is 26.7 Å². The molecule has 0 unspecified atom stereocenters. The van der Waals surface area contributed by atoms with E-state index in [0.29, 0.717) is 10.8 Å². The van der Waals surface area contributed by atoms with E-state index >= 15 is 0 Å². The Morgan fingerprint density at radius 2 is 2.21 bits per heavy atom. The van der Waals surface area contributed by atoms with E-state index in [9.17, 15) is 0 Å². The Labute approximate surface area is 175 Å². The summed E-state index contributed by atoms with van der Waals surface area (Å²) in [5, 5.41) is 1.26. The molecular formula is C19H27ClN6OS. The molecule has 7 nitrogen and oxygen atoms in total. The van der Waals surface area contributed by atoms with Crippen molar-refractivity contribution in [3.63, 3.8) is 0 Å². The minimum Gasteiger partial charge on any atom is -0.382 e. The number of piperidine rings is 1. The highest BCUT2D eigenvalue weighted by molar-refractivity contribution is 8.14. The highest BCUT2D eigenvalue weighted by Gasteiger charge is 2.47. The van der Waals surface area contributed by atoms with Gasteiger partial charge in [-0.2, -0.15) is 0 Å². The number of hydrogen-bond donors (Lipinski definition) is 2. The number of hydrogen-bond acceptors (Lipinski definition) is 8. The van der Waals surface area contributed by atoms with Gasteiger partial charge in [-0.1, -0.05) is 23.4 Å². The summed E-state index contributed by atoms with van der Waals surface area (Å²) in [4.78, 5) is 15.7. The molecule has 3 rings (SSSR count). The molecule has 0 amide bonds. The fourth-order valence-corrected chi connectivity index (χ4v) is 4.71. The van der Waals surface area contributed by atoms with Crippen molar-refractivity contribution in [1.29, 1.82) is 0 Å². The van der Waals surface area contributed by atoms with E-state index in [0.717, 1.165) is 48.3 Å². The van der Waals surface area contributed by atoms with E-state index in [4.69, 9.17) is 27.8 Å². The van der Waals surface area contributed by atoms with Gasteiger partial charge in [0.25, 0.3) is 0 Å². The normalized spacial score (nSPS) is 25.4. The molecule has 4 N–H and O–H groups in total. The predicted octanol–water partition coefficient (Wildman–Crippen LogP) is 3.16. The Morgan fingerprint density at radius 1 is 1.50 bits per heavy atom. The Hall–Kier alpha value is -1.61. The molecule has 0 aromatic carbocycles. The fourth-order valence-electron chi connectivity index (χ4n) is 3.73. The number of pyridine rings is 1. The van der Waals surface area contributed by atoms with Crippen LogP contribution < -0.4 is 11.5 Å². The van der Waals surface area contributed by atoms with Crippen LogP contribution in [-0.2, 0) is 4.74 Å². The van der Waals surface area contributed by atoms with Crippen LogP contribution in [0.25, 0.3) is 0 Å². The Bertz CT molecular complexity index is 791. The molecule has 2 atom stereocenters. The third-order valence-corrected chi connectivity index (χ3v) is 7.06. The lowest BCUT2D eigenvalue weighted by Gasteiger charge is -2.41. The van der Waals surface area contributed by atoms with Crippen molar-refractivity contribution < 1.29 is 4.74 Å². The molecule has 2 aliphatic heterocycles. The van der Waals surface area contributed by atoms with Gasteiger partial charge in [-0.25, -0.2) is 9.98 Å². The maximum atomic E-state index is 6.39. The van der Waals surface area contributed by atoms with Gasteiger partial charge in [0.2, 0.25) is 0 Å². The number of halogens is 1. The summed E-state index contributed by atoms with van der Waals surface area (Å²) >= 11 is 7.63. The van der Waals surface area contributed by atoms with Gasteiger partial charge in [-0.05, 0) is 39.5 Å². The molecule has 0 aliphatic carbocycles. The Morgan fingerprint density at radius 3 is 2.82 bits per heavy atom. The van der Waals surface area contributed by atoms with Crippen LogP contribution in [0.2, 0.25) is 5.02 Å². The molecule has 9 heteroatoms. The fraction of sp³-hybridized carbons (Fsp3) is 0.526. The lowest BCUT2D eigenvalue weighted by atomic mass is 9.73. The molecule has 2 aliphatic rings. The van der Waals surface area contributed by atoms with Crippen molar-refractivity contribution in [2.24, 2.45) is 21.1 Å². The van der Waals surface area contributed by atoms with Crippen molar-refractivity contribution in [1.82, 2.24) is 9.88 Å². The summed E-state index contributed by atoms with van der Waals surface area (Å²) < 4.78 is 5.79. The largest absolute Gasteiger partial charge is 0.382 e. The minimum atomic E-state index is 0.0786. The van der Waals surface area contributed by atoms with Crippen molar-refractivity contribution in [3.05, 3.63) is 29.3 Å². The monoisotopic (exact) mass is 422 g/mol. The summed E-state index contributed by atoms with van der Waals surface area (Å²) in [5.74, 6) is 1.07. The van der Waals surface area contributed by atoms with Crippen LogP contribution >= 0.6 is 23.4 Å². The molecule has 3 heterocycles. The van der Waals surface area contributed by atoms with Crippen molar-refractivity contribution in [2.75, 3.05) is 25.4 Å². The smallest absolute Gasteiger partial charge is 0.146 e. The van der Waals surface area contributed by atoms with Crippen LogP contribution in [0.3, 0.4) is 0 Å². The number of nitrogens with zero attached hydrogens (tertiary/aromatic N) is 4. The number of anilines is 1. The lowest BCUT2D eigenvalue weighted by Crippen LogP contribution is -2.50. The highest BCUT2D eigenvalue weighted by atomic mass is 35.5. The maximum Gasteiger partial charge on any atom is 0.146 e. The second-order valence-electron chi connectivity index (χ2n) is 7.30. The molecule has 28 heavy (non-hydrogen) atoms. The number of nitrogen functional groups attached to an aromatic ring is 1. The zero-order valence-electron chi connectivity index (χ0n) is 16.3. The molecule has 1 aromatic heterocycles. The number of likely N-dealkylation sites (tertiary alicyclic amines) is 1. The summed E-state index contributed by atoms with van der Waals surface area (Å²) in [6.45, 7) is 10.1. The average Bonchev–Trinajstić information content (AvgIpc) is 2.96. The topological polar surface area (TPSA) is 102 Å². The van der Waals surface area contributed by atoms with E-state index in [1.807, 2.05) is 13.0 Å². The summed E-state index contributed by atoms with van der Waals surface area (Å²) in [7, 11) is 0. The summed E-state index contributed by atoms with van der Waals surface area (Å²) in [5.41, 5.74) is 12.2. The minimum absolute atomic E-state index is 0.0786. The van der Waals surface area contributed by atoms with Crippen LogP contribution in [0.15, 0.2) is 39.2 Å². The van der Waals surface area contributed by atoms with Crippen molar-refractivity contribution in [2.45, 2.75) is 43.7 Å². The first-order chi connectivity index (χ1) is 13.4. The standard InChI is InChI=1S/C19H27ClN6OS/c1-12-17(21)19(11-27-12)5-8-26(9-6-19)15(23-3)10-25-13(2)28-14-4-7-24-18(22)16(14)20/h4,7,10,12,17H,3,5-6,8-9,11,21H2,1-2H3,(H2,22,24)/b15-10+,25-13?/t12-,17-/m1/s1. The van der Waals surface area contributed by atoms with Gasteiger partial charge in [0.05, 0.1) is 29.0 Å². The third kappa shape index (κ3) is 4.35. The number of ether oxygens (including phenoxy) is 1. The van der Waals surface area contributed by atoms with E-state index < -0.39 is 0 Å². The van der Waals surface area contributed by atoms with Gasteiger partial charge < -0.3 is 21.1 Å². The zero-order valence-corrected chi connectivity index (χ0v) is 17.8. The summed E-state index contributed by atoms with van der Waals surface area (Å²) in [6.07, 6.45) is 5.46. The molecule has 0 radical (unpaired) electrons. The predicted molar refractivity (Wildman–Crippen MR) is 117 cm³/mol. The van der Waals surface area contributed by atoms with Gasteiger partial charge >= 0.3 is 0 Å². The number of rotatable bonds is 4. The third-order valence-electron chi connectivity index (χ3n) is 5.59. The van der Waals surface area contributed by atoms with Crippen LogP contribution in [0.4, 0.5) is 5.82 Å². The van der Waals surface area contributed by atoms with Crippen LogP contribution in [-0.4, -0.2) is 53.5 Å². The van der Waals surface area contributed by atoms with Gasteiger partial charge in [0, 0.05) is 35.6 Å². The number of thioether (sulfide) groups is 1. The quantitative estimate of drug-likeness (QED) is 0.439. The van der Waals surface area contributed by atoms with Crippen molar-refractivity contribution in [3.8, 4) is 0 Å². The van der Waals surface area contributed by atoms with Crippen LogP contribution in [0.5, 0.6) is 0 Å². The molecule has 1 aromatic rings. The SMILES string of the molecule is C=N/C(=C\N=C(C)Sc1ccnc(N)c1Cl)N1CCC2(CC1)CO[C@H](C)[C@H]2N. The molecule has 1 spiro atoms. The first-order valence-corrected chi connectivity index (χ1v) is 10.5. The van der Waals surface area contributed by atoms with E-state index in [1.165, 1.54) is 11.8 Å². The number of nitrogens with two attached hydrogens (primary N) is 2. The number of aliphatic imine (C=N–C) groups is 2. The van der Waals surface area contributed by atoms with Gasteiger partial charge in [-0.15, -0.1) is 0 Å². The van der Waals surface area contributed by atoms with Crippen LogP contribution in [0, 0.1) is 5.41 Å².